The highest BCUT2D eigenvalue weighted by Crippen LogP contribution is 2.32. The fraction of sp³-hybridized carbons (Fsp3) is 0.500. The zero-order chi connectivity index (χ0) is 25.1. The van der Waals surface area contributed by atoms with Crippen molar-refractivity contribution in [2.45, 2.75) is 44.4 Å². The number of fused-ring (bicyclic) bond motifs is 2. The summed E-state index contributed by atoms with van der Waals surface area (Å²) < 4.78 is 18.7. The van der Waals surface area contributed by atoms with E-state index in [0.29, 0.717) is 35.5 Å². The first-order chi connectivity index (χ1) is 16.7. The maximum atomic E-state index is 13.3. The van der Waals surface area contributed by atoms with Crippen molar-refractivity contribution in [2.24, 2.45) is 7.05 Å². The predicted octanol–water partition coefficient (Wildman–Crippen LogP) is 1.72. The first-order valence-corrected chi connectivity index (χ1v) is 11.5. The van der Waals surface area contributed by atoms with Crippen molar-refractivity contribution in [3.05, 3.63) is 35.7 Å². The molecule has 2 aliphatic heterocycles. The number of aryl methyl sites for hydroxylation is 2. The van der Waals surface area contributed by atoms with Crippen molar-refractivity contribution in [2.75, 3.05) is 38.0 Å². The molecule has 11 heteroatoms. The minimum Gasteiger partial charge on any atom is -0.490 e. The standard InChI is InChI=1S/C24H31N5O6/c1-14-18(11-28(2)27-14)26-22(30)10-16-6-7-19-21(35-16)12-34-20-8-5-15(25-23(31)13-33-4)9-17(20)24(32)29(19)3/h5,8-9,11,16,19,21H,6-7,10,12-13H2,1-4H3,(H,25,31)(H,26,30)/t16-,19+,21+/m1/s1. The van der Waals surface area contributed by atoms with Crippen LogP contribution in [0.15, 0.2) is 24.4 Å². The third-order valence-electron chi connectivity index (χ3n) is 6.27. The van der Waals surface area contributed by atoms with Gasteiger partial charge < -0.3 is 29.7 Å². The maximum absolute atomic E-state index is 13.3. The minimum atomic E-state index is -0.370. The molecule has 0 saturated carbocycles. The number of benzene rings is 1. The van der Waals surface area contributed by atoms with Crippen LogP contribution in [0, 0.1) is 6.92 Å². The van der Waals surface area contributed by atoms with Crippen LogP contribution in [0.5, 0.6) is 5.75 Å². The molecule has 3 atom stereocenters. The second-order valence-electron chi connectivity index (χ2n) is 8.91. The van der Waals surface area contributed by atoms with Gasteiger partial charge in [0.2, 0.25) is 11.8 Å². The Bertz CT molecular complexity index is 1120. The van der Waals surface area contributed by atoms with Gasteiger partial charge in [-0.25, -0.2) is 0 Å². The lowest BCUT2D eigenvalue weighted by atomic mass is 9.94. The van der Waals surface area contributed by atoms with Gasteiger partial charge in [-0.15, -0.1) is 0 Å². The highest BCUT2D eigenvalue weighted by atomic mass is 16.5. The summed E-state index contributed by atoms with van der Waals surface area (Å²) in [5, 5.41) is 9.84. The first kappa shape index (κ1) is 24.7. The second-order valence-corrected chi connectivity index (χ2v) is 8.91. The zero-order valence-corrected chi connectivity index (χ0v) is 20.4. The van der Waals surface area contributed by atoms with Crippen LogP contribution in [-0.2, 0) is 26.1 Å². The zero-order valence-electron chi connectivity index (χ0n) is 20.4. The van der Waals surface area contributed by atoms with Crippen LogP contribution in [0.25, 0.3) is 0 Å². The van der Waals surface area contributed by atoms with Gasteiger partial charge in [-0.3, -0.25) is 19.1 Å². The molecule has 4 rings (SSSR count). The average Bonchev–Trinajstić information content (AvgIpc) is 3.12. The van der Waals surface area contributed by atoms with E-state index in [0.717, 1.165) is 5.69 Å². The number of carbonyl (C=O) groups is 3. The maximum Gasteiger partial charge on any atom is 0.257 e. The Kier molecular flexibility index (Phi) is 7.37. The van der Waals surface area contributed by atoms with E-state index >= 15 is 0 Å². The highest BCUT2D eigenvalue weighted by Gasteiger charge is 2.39. The number of anilines is 2. The summed E-state index contributed by atoms with van der Waals surface area (Å²) in [4.78, 5) is 39.4. The molecule has 11 nitrogen and oxygen atoms in total. The Morgan fingerprint density at radius 3 is 2.71 bits per heavy atom. The monoisotopic (exact) mass is 485 g/mol. The number of amides is 3. The molecular weight excluding hydrogens is 454 g/mol. The molecule has 35 heavy (non-hydrogen) atoms. The number of methoxy groups -OCH3 is 1. The quantitative estimate of drug-likeness (QED) is 0.638. The SMILES string of the molecule is COCC(=O)Nc1ccc2c(c1)C(=O)N(C)[C@H]1CC[C@H](CC(=O)Nc3cn(C)nc3C)O[C@H]1CO2. The molecule has 1 fully saturated rings. The van der Waals surface area contributed by atoms with E-state index in [1.54, 1.807) is 48.1 Å². The van der Waals surface area contributed by atoms with Crippen LogP contribution in [-0.4, -0.2) is 78.0 Å². The molecule has 0 spiro atoms. The summed E-state index contributed by atoms with van der Waals surface area (Å²) in [5.74, 6) is -0.256. The van der Waals surface area contributed by atoms with Crippen LogP contribution in [0.2, 0.25) is 0 Å². The van der Waals surface area contributed by atoms with Crippen LogP contribution in [0.4, 0.5) is 11.4 Å². The molecule has 0 bridgehead atoms. The molecule has 0 aliphatic carbocycles. The van der Waals surface area contributed by atoms with Crippen molar-refractivity contribution in [1.29, 1.82) is 0 Å². The first-order valence-electron chi connectivity index (χ1n) is 11.5. The van der Waals surface area contributed by atoms with Crippen molar-refractivity contribution < 1.29 is 28.6 Å². The lowest BCUT2D eigenvalue weighted by Crippen LogP contribution is -2.53. The van der Waals surface area contributed by atoms with Gasteiger partial charge in [0, 0.05) is 33.1 Å². The fourth-order valence-electron chi connectivity index (χ4n) is 4.56. The van der Waals surface area contributed by atoms with Crippen molar-refractivity contribution in [3.63, 3.8) is 0 Å². The van der Waals surface area contributed by atoms with Crippen molar-refractivity contribution >= 4 is 29.1 Å². The third-order valence-corrected chi connectivity index (χ3v) is 6.27. The molecule has 3 heterocycles. The van der Waals surface area contributed by atoms with Gasteiger partial charge in [-0.1, -0.05) is 0 Å². The number of carbonyl (C=O) groups excluding carboxylic acids is 3. The summed E-state index contributed by atoms with van der Waals surface area (Å²) in [5.41, 5.74) is 2.29. The third kappa shape index (κ3) is 5.63. The van der Waals surface area contributed by atoms with E-state index in [4.69, 9.17) is 14.2 Å². The van der Waals surface area contributed by atoms with Gasteiger partial charge in [0.1, 0.15) is 25.1 Å². The van der Waals surface area contributed by atoms with Gasteiger partial charge >= 0.3 is 0 Å². The number of rotatable bonds is 6. The van der Waals surface area contributed by atoms with E-state index < -0.39 is 0 Å². The van der Waals surface area contributed by atoms with E-state index in [9.17, 15) is 14.4 Å². The lowest BCUT2D eigenvalue weighted by Gasteiger charge is -2.42. The average molecular weight is 486 g/mol. The summed E-state index contributed by atoms with van der Waals surface area (Å²) in [7, 11) is 4.98. The molecule has 1 saturated heterocycles. The Labute approximate surface area is 203 Å². The van der Waals surface area contributed by atoms with Crippen molar-refractivity contribution in [1.82, 2.24) is 14.7 Å². The predicted molar refractivity (Wildman–Crippen MR) is 127 cm³/mol. The molecule has 2 aromatic rings. The lowest BCUT2D eigenvalue weighted by molar-refractivity contribution is -0.130. The largest absolute Gasteiger partial charge is 0.490 e. The van der Waals surface area contributed by atoms with Crippen molar-refractivity contribution in [3.8, 4) is 5.75 Å². The summed E-state index contributed by atoms with van der Waals surface area (Å²) in [6.07, 6.45) is 2.64. The van der Waals surface area contributed by atoms with E-state index in [1.165, 1.54) is 7.11 Å². The fourth-order valence-corrected chi connectivity index (χ4v) is 4.56. The van der Waals surface area contributed by atoms with Gasteiger partial charge in [0.25, 0.3) is 5.91 Å². The molecular formula is C24H31N5O6. The number of nitrogens with zero attached hydrogens (tertiary/aromatic N) is 3. The number of likely N-dealkylation sites (N-methyl/N-ethyl adjacent to an activating group) is 1. The van der Waals surface area contributed by atoms with Gasteiger partial charge in [-0.2, -0.15) is 5.10 Å². The number of aromatic nitrogens is 2. The minimum absolute atomic E-state index is 0.0798. The molecule has 3 amide bonds. The molecule has 2 N–H and O–H groups in total. The Balaban J connectivity index is 1.42. The molecule has 2 aliphatic rings. The van der Waals surface area contributed by atoms with E-state index in [1.807, 2.05) is 6.92 Å². The number of hydrogen-bond donors (Lipinski definition) is 2. The molecule has 0 unspecified atom stereocenters. The van der Waals surface area contributed by atoms with Gasteiger partial charge in [-0.05, 0) is 38.0 Å². The van der Waals surface area contributed by atoms with Crippen LogP contribution in [0.1, 0.15) is 35.3 Å². The smallest absolute Gasteiger partial charge is 0.257 e. The molecule has 1 aromatic carbocycles. The Morgan fingerprint density at radius 2 is 2.00 bits per heavy atom. The summed E-state index contributed by atoms with van der Waals surface area (Å²) >= 11 is 0. The topological polar surface area (TPSA) is 124 Å². The van der Waals surface area contributed by atoms with Gasteiger partial charge in [0.15, 0.2) is 0 Å². The van der Waals surface area contributed by atoms with Crippen LogP contribution in [0.3, 0.4) is 0 Å². The number of hydrogen-bond acceptors (Lipinski definition) is 7. The number of ether oxygens (including phenoxy) is 3. The summed E-state index contributed by atoms with van der Waals surface area (Å²) in [6.45, 7) is 2.00. The Hall–Kier alpha value is -3.44. The second kappa shape index (κ2) is 10.4. The van der Waals surface area contributed by atoms with Crippen LogP contribution < -0.4 is 15.4 Å². The summed E-state index contributed by atoms with van der Waals surface area (Å²) in [6, 6.07) is 4.75. The normalized spacial score (nSPS) is 21.8. The van der Waals surface area contributed by atoms with E-state index in [2.05, 4.69) is 15.7 Å². The van der Waals surface area contributed by atoms with Gasteiger partial charge in [0.05, 0.1) is 35.5 Å². The van der Waals surface area contributed by atoms with E-state index in [-0.39, 0.29) is 55.6 Å². The highest BCUT2D eigenvalue weighted by molar-refractivity contribution is 6.00. The Morgan fingerprint density at radius 1 is 1.20 bits per heavy atom. The number of nitrogens with one attached hydrogen (secondary N) is 2. The van der Waals surface area contributed by atoms with Crippen LogP contribution >= 0.6 is 0 Å². The molecule has 1 aromatic heterocycles. The molecule has 188 valence electrons. The molecule has 0 radical (unpaired) electrons.